The Morgan fingerprint density at radius 1 is 0.838 bits per heavy atom. The molecule has 370 valence electrons. The standard InChI is InChI=1S/C56H79ClN6O5/c1-12-55(7,8)40-28-31-48(44(34-40)56(9,10)13-2)68-49(65)27-21-19-17-15-16-18-20-24-32-63-52(61-50-43(54(63)67)35-41(57)36-47(50)58-39(6)64)51(53(66)60-45-26-23-22-25-37(45)4)59-46-30-29-42(33-38(46)5)62(11)14-3/h22-23,25-26,29-30,33,35-36,40,44,48H,12-21,24,27-28,31-32,34H2,1-11H3,(H,58,64)(H,60,66). The van der Waals surface area contributed by atoms with E-state index in [1.807, 2.05) is 63.4 Å². The van der Waals surface area contributed by atoms with Gasteiger partial charge in [0.2, 0.25) is 5.91 Å². The largest absolute Gasteiger partial charge is 0.462 e. The molecule has 0 aliphatic heterocycles. The summed E-state index contributed by atoms with van der Waals surface area (Å²) in [7, 11) is 2.01. The average molecular weight is 952 g/mol. The molecule has 1 saturated carbocycles. The Morgan fingerprint density at radius 2 is 1.50 bits per heavy atom. The number of hydrogen-bond acceptors (Lipinski definition) is 8. The highest BCUT2D eigenvalue weighted by atomic mass is 35.5. The molecule has 3 aromatic carbocycles. The van der Waals surface area contributed by atoms with Gasteiger partial charge in [0, 0.05) is 55.8 Å². The number of esters is 1. The van der Waals surface area contributed by atoms with Crippen LogP contribution >= 0.6 is 11.6 Å². The highest BCUT2D eigenvalue weighted by molar-refractivity contribution is 6.48. The third-order valence-electron chi connectivity index (χ3n) is 15.0. The molecule has 1 aliphatic carbocycles. The molecule has 0 saturated heterocycles. The van der Waals surface area contributed by atoms with E-state index in [2.05, 4.69) is 64.0 Å². The van der Waals surface area contributed by atoms with Crippen molar-refractivity contribution in [1.29, 1.82) is 0 Å². The number of nitrogens with one attached hydrogen (secondary N) is 2. The number of para-hydroxylation sites is 1. The molecular formula is C56H79ClN6O5. The number of aryl methyl sites for hydroxylation is 2. The van der Waals surface area contributed by atoms with Gasteiger partial charge in [0.15, 0.2) is 11.5 Å². The highest BCUT2D eigenvalue weighted by Crippen LogP contribution is 2.49. The monoisotopic (exact) mass is 951 g/mol. The predicted octanol–water partition coefficient (Wildman–Crippen LogP) is 13.6. The summed E-state index contributed by atoms with van der Waals surface area (Å²) in [6.07, 6.45) is 13.3. The number of anilines is 3. The number of hydrogen-bond donors (Lipinski definition) is 2. The average Bonchev–Trinajstić information content (AvgIpc) is 3.30. The second kappa shape index (κ2) is 24.5. The van der Waals surface area contributed by atoms with Gasteiger partial charge in [0.25, 0.3) is 11.5 Å². The van der Waals surface area contributed by atoms with Gasteiger partial charge >= 0.3 is 5.97 Å². The Hall–Kier alpha value is -5.03. The molecule has 1 aliphatic rings. The van der Waals surface area contributed by atoms with Crippen LogP contribution in [0, 0.1) is 36.5 Å². The Kier molecular flexibility index (Phi) is 19.4. The number of carbonyl (C=O) groups excluding carboxylic acids is 3. The van der Waals surface area contributed by atoms with Gasteiger partial charge in [-0.15, -0.1) is 0 Å². The third-order valence-corrected chi connectivity index (χ3v) is 15.2. The Balaban J connectivity index is 1.28. The number of unbranched alkanes of at least 4 members (excludes halogenated alkanes) is 7. The van der Waals surface area contributed by atoms with Gasteiger partial charge in [-0.25, -0.2) is 9.98 Å². The molecule has 0 radical (unpaired) electrons. The van der Waals surface area contributed by atoms with E-state index in [1.54, 1.807) is 12.1 Å². The van der Waals surface area contributed by atoms with Gasteiger partial charge in [-0.2, -0.15) is 0 Å². The summed E-state index contributed by atoms with van der Waals surface area (Å²) in [5, 5.41) is 6.31. The molecule has 0 spiro atoms. The maximum Gasteiger partial charge on any atom is 0.306 e. The first-order valence-electron chi connectivity index (χ1n) is 25.3. The second-order valence-electron chi connectivity index (χ2n) is 20.5. The van der Waals surface area contributed by atoms with E-state index in [1.165, 1.54) is 11.5 Å². The second-order valence-corrected chi connectivity index (χ2v) is 21.0. The third kappa shape index (κ3) is 14.0. The van der Waals surface area contributed by atoms with Gasteiger partial charge < -0.3 is 20.3 Å². The lowest BCUT2D eigenvalue weighted by Crippen LogP contribution is -2.44. The van der Waals surface area contributed by atoms with Crippen LogP contribution in [-0.2, 0) is 25.7 Å². The van der Waals surface area contributed by atoms with Gasteiger partial charge in [0.05, 0.1) is 16.8 Å². The minimum Gasteiger partial charge on any atom is -0.462 e. The van der Waals surface area contributed by atoms with Crippen LogP contribution in [0.1, 0.15) is 162 Å². The van der Waals surface area contributed by atoms with E-state index in [0.717, 1.165) is 100 Å². The molecule has 3 atom stereocenters. The van der Waals surface area contributed by atoms with E-state index in [9.17, 15) is 19.2 Å². The number of nitrogens with zero attached hydrogens (tertiary/aromatic N) is 4. The maximum atomic E-state index is 14.6. The number of fused-ring (bicyclic) bond motifs is 1. The first-order valence-corrected chi connectivity index (χ1v) is 25.7. The van der Waals surface area contributed by atoms with E-state index >= 15 is 0 Å². The van der Waals surface area contributed by atoms with Crippen molar-refractivity contribution >= 4 is 68.7 Å². The molecule has 1 fully saturated rings. The minimum absolute atomic E-state index is 0.00159. The van der Waals surface area contributed by atoms with Crippen molar-refractivity contribution < 1.29 is 19.1 Å². The lowest BCUT2D eigenvalue weighted by molar-refractivity contribution is -0.159. The first-order chi connectivity index (χ1) is 32.3. The Morgan fingerprint density at radius 3 is 2.13 bits per heavy atom. The summed E-state index contributed by atoms with van der Waals surface area (Å²) >= 11 is 6.53. The molecule has 2 amide bonds. The summed E-state index contributed by atoms with van der Waals surface area (Å²) in [4.78, 5) is 66.8. The quantitative estimate of drug-likeness (QED) is 0.0429. The SMILES string of the molecule is CCN(C)c1ccc(N=C(C(=O)Nc2ccccc2C)c2nc3c(NC(C)=O)cc(Cl)cc3c(=O)n2CCCCCCCCCCC(=O)OC2CCC(C(C)(C)CC)CC2C(C)(C)CC)c(C)c1. The van der Waals surface area contributed by atoms with E-state index in [0.29, 0.717) is 41.5 Å². The Bertz CT molecular complexity index is 2480. The molecular weight excluding hydrogens is 872 g/mol. The van der Waals surface area contributed by atoms with Crippen LogP contribution in [0.5, 0.6) is 0 Å². The Labute approximate surface area is 411 Å². The smallest absolute Gasteiger partial charge is 0.306 e. The van der Waals surface area contributed by atoms with Gasteiger partial charge in [-0.05, 0) is 117 Å². The molecule has 4 aromatic rings. The summed E-state index contributed by atoms with van der Waals surface area (Å²) in [5.74, 6) is 0.185. The normalized spacial score (nSPS) is 16.7. The number of amides is 2. The molecule has 3 unspecified atom stereocenters. The number of benzene rings is 3. The van der Waals surface area contributed by atoms with Crippen LogP contribution in [0.4, 0.5) is 22.7 Å². The van der Waals surface area contributed by atoms with Crippen molar-refractivity contribution in [2.45, 2.75) is 172 Å². The lowest BCUT2D eigenvalue weighted by atomic mass is 9.60. The number of carbonyl (C=O) groups is 3. The topological polar surface area (TPSA) is 135 Å². The lowest BCUT2D eigenvalue weighted by Gasteiger charge is -2.48. The van der Waals surface area contributed by atoms with Crippen LogP contribution in [0.25, 0.3) is 10.9 Å². The number of ether oxygens (including phenoxy) is 1. The zero-order valence-corrected chi connectivity index (χ0v) is 43.7. The van der Waals surface area contributed by atoms with Crippen molar-refractivity contribution in [3.05, 3.63) is 86.9 Å². The molecule has 1 heterocycles. The summed E-state index contributed by atoms with van der Waals surface area (Å²) in [5.41, 5.74) is 4.36. The van der Waals surface area contributed by atoms with Crippen molar-refractivity contribution in [2.24, 2.45) is 27.7 Å². The first kappa shape index (κ1) is 53.9. The summed E-state index contributed by atoms with van der Waals surface area (Å²) in [6, 6.07) is 16.4. The van der Waals surface area contributed by atoms with Crippen LogP contribution in [-0.4, -0.2) is 52.7 Å². The minimum atomic E-state index is -0.528. The maximum absolute atomic E-state index is 14.6. The van der Waals surface area contributed by atoms with E-state index < -0.39 is 5.91 Å². The zero-order valence-electron chi connectivity index (χ0n) is 42.9. The predicted molar refractivity (Wildman–Crippen MR) is 282 cm³/mol. The van der Waals surface area contributed by atoms with Crippen molar-refractivity contribution in [3.63, 3.8) is 0 Å². The highest BCUT2D eigenvalue weighted by Gasteiger charge is 2.44. The zero-order chi connectivity index (χ0) is 49.8. The van der Waals surface area contributed by atoms with Crippen molar-refractivity contribution in [2.75, 3.05) is 29.1 Å². The van der Waals surface area contributed by atoms with Crippen LogP contribution in [0.2, 0.25) is 5.02 Å². The molecule has 0 bridgehead atoms. The van der Waals surface area contributed by atoms with Gasteiger partial charge in [-0.1, -0.05) is 123 Å². The fraction of sp³-hybridized carbons (Fsp3) is 0.571. The molecule has 12 heteroatoms. The number of aromatic nitrogens is 2. The summed E-state index contributed by atoms with van der Waals surface area (Å²) in [6.45, 7) is 22.4. The van der Waals surface area contributed by atoms with Crippen LogP contribution in [0.15, 0.2) is 64.4 Å². The molecule has 1 aromatic heterocycles. The number of aliphatic imine (C=N–C) groups is 1. The fourth-order valence-corrected chi connectivity index (χ4v) is 9.78. The van der Waals surface area contributed by atoms with E-state index in [4.69, 9.17) is 26.3 Å². The van der Waals surface area contributed by atoms with Crippen molar-refractivity contribution in [3.8, 4) is 0 Å². The fourth-order valence-electron chi connectivity index (χ4n) is 9.56. The number of rotatable bonds is 23. The van der Waals surface area contributed by atoms with Crippen molar-refractivity contribution in [1.82, 2.24) is 9.55 Å². The van der Waals surface area contributed by atoms with Gasteiger partial charge in [-0.3, -0.25) is 23.7 Å². The molecule has 5 rings (SSSR count). The van der Waals surface area contributed by atoms with Gasteiger partial charge in [0.1, 0.15) is 11.6 Å². The van der Waals surface area contributed by atoms with Crippen LogP contribution in [0.3, 0.4) is 0 Å². The molecule has 68 heavy (non-hydrogen) atoms. The number of halogens is 1. The van der Waals surface area contributed by atoms with E-state index in [-0.39, 0.29) is 68.6 Å². The molecule has 11 nitrogen and oxygen atoms in total. The molecule has 2 N–H and O–H groups in total. The summed E-state index contributed by atoms with van der Waals surface area (Å²) < 4.78 is 7.78. The van der Waals surface area contributed by atoms with Crippen LogP contribution < -0.4 is 21.1 Å².